The van der Waals surface area contributed by atoms with E-state index in [1.807, 2.05) is 41.8 Å². The van der Waals surface area contributed by atoms with Crippen LogP contribution in [-0.2, 0) is 4.79 Å². The summed E-state index contributed by atoms with van der Waals surface area (Å²) >= 11 is 4.96. The molecule has 1 fully saturated rings. The topological polar surface area (TPSA) is 71.3 Å². The smallest absolute Gasteiger partial charge is 0.238 e. The highest BCUT2D eigenvalue weighted by atomic mass is 79.9. The Morgan fingerprint density at radius 1 is 1.32 bits per heavy atom. The van der Waals surface area contributed by atoms with Crippen molar-refractivity contribution in [2.24, 2.45) is 0 Å². The van der Waals surface area contributed by atoms with Crippen molar-refractivity contribution in [3.63, 3.8) is 0 Å². The summed E-state index contributed by atoms with van der Waals surface area (Å²) in [5.41, 5.74) is 0.794. The zero-order valence-corrected chi connectivity index (χ0v) is 15.6. The summed E-state index contributed by atoms with van der Waals surface area (Å²) in [7, 11) is 0. The minimum absolute atomic E-state index is 0.0226. The van der Waals surface area contributed by atoms with Crippen LogP contribution in [0, 0.1) is 0 Å². The molecule has 1 saturated heterocycles. The van der Waals surface area contributed by atoms with E-state index in [9.17, 15) is 4.79 Å². The van der Waals surface area contributed by atoms with Crippen molar-refractivity contribution in [3.05, 3.63) is 52.1 Å². The number of thiophene rings is 1. The number of nitrogens with zero attached hydrogens (tertiary/aromatic N) is 3. The average Bonchev–Trinajstić information content (AvgIpc) is 3.23. The summed E-state index contributed by atoms with van der Waals surface area (Å²) < 4.78 is 6.35. The van der Waals surface area contributed by atoms with E-state index in [1.54, 1.807) is 11.3 Å². The molecule has 0 radical (unpaired) electrons. The molecule has 6 nitrogen and oxygen atoms in total. The molecule has 0 bridgehead atoms. The van der Waals surface area contributed by atoms with Gasteiger partial charge in [-0.1, -0.05) is 27.2 Å². The largest absolute Gasteiger partial charge is 0.339 e. The summed E-state index contributed by atoms with van der Waals surface area (Å²) in [5, 5.41) is 8.91. The molecule has 8 heteroatoms. The van der Waals surface area contributed by atoms with Crippen molar-refractivity contribution >= 4 is 38.9 Å². The number of rotatable bonds is 5. The van der Waals surface area contributed by atoms with E-state index >= 15 is 0 Å². The Hall–Kier alpha value is -2.03. The minimum atomic E-state index is -0.0226. The van der Waals surface area contributed by atoms with Crippen LogP contribution in [0.2, 0.25) is 0 Å². The van der Waals surface area contributed by atoms with Gasteiger partial charge in [0.2, 0.25) is 17.6 Å². The highest BCUT2D eigenvalue weighted by molar-refractivity contribution is 9.10. The van der Waals surface area contributed by atoms with Crippen molar-refractivity contribution in [1.82, 2.24) is 15.0 Å². The minimum Gasteiger partial charge on any atom is -0.339 e. The third-order valence-electron chi connectivity index (χ3n) is 3.98. The Balaban J connectivity index is 1.27. The van der Waals surface area contributed by atoms with Crippen LogP contribution >= 0.6 is 27.3 Å². The number of anilines is 1. The number of hydrogen-bond donors (Lipinski definition) is 1. The van der Waals surface area contributed by atoms with Crippen molar-refractivity contribution in [1.29, 1.82) is 0 Å². The first-order chi connectivity index (χ1) is 12.2. The number of carbonyl (C=O) groups is 1. The number of nitrogens with one attached hydrogen (secondary N) is 1. The van der Waals surface area contributed by atoms with Gasteiger partial charge in [-0.2, -0.15) is 4.98 Å². The van der Waals surface area contributed by atoms with Crippen LogP contribution < -0.4 is 5.32 Å². The van der Waals surface area contributed by atoms with Gasteiger partial charge in [0.1, 0.15) is 0 Å². The van der Waals surface area contributed by atoms with E-state index in [2.05, 4.69) is 36.3 Å². The molecule has 25 heavy (non-hydrogen) atoms. The number of halogens is 1. The van der Waals surface area contributed by atoms with Crippen LogP contribution in [0.1, 0.15) is 11.8 Å². The highest BCUT2D eigenvalue weighted by Gasteiger charge is 2.33. The predicted octanol–water partition coefficient (Wildman–Crippen LogP) is 3.60. The molecule has 0 aliphatic carbocycles. The normalized spacial score (nSPS) is 15.1. The monoisotopic (exact) mass is 418 g/mol. The number of likely N-dealkylation sites (tertiary alicyclic amines) is 1. The summed E-state index contributed by atoms with van der Waals surface area (Å²) in [6, 6.07) is 11.5. The van der Waals surface area contributed by atoms with Gasteiger partial charge in [0.05, 0.1) is 17.3 Å². The quantitative estimate of drug-likeness (QED) is 0.685. The molecule has 0 saturated carbocycles. The number of aromatic nitrogens is 2. The maximum atomic E-state index is 12.1. The molecule has 3 aromatic rings. The zero-order valence-electron chi connectivity index (χ0n) is 13.2. The Morgan fingerprint density at radius 3 is 2.84 bits per heavy atom. The first-order valence-corrected chi connectivity index (χ1v) is 9.50. The Bertz CT molecular complexity index is 857. The predicted molar refractivity (Wildman–Crippen MR) is 99.6 cm³/mol. The third-order valence-corrected chi connectivity index (χ3v) is 5.38. The number of benzene rings is 1. The molecule has 4 rings (SSSR count). The molecule has 1 aliphatic heterocycles. The van der Waals surface area contributed by atoms with Gasteiger partial charge in [-0.3, -0.25) is 9.69 Å². The van der Waals surface area contributed by atoms with Crippen LogP contribution in [0.25, 0.3) is 10.7 Å². The Labute approximate surface area is 157 Å². The lowest BCUT2D eigenvalue weighted by Crippen LogP contribution is -2.48. The lowest BCUT2D eigenvalue weighted by molar-refractivity contribution is -0.118. The van der Waals surface area contributed by atoms with E-state index in [1.165, 1.54) is 0 Å². The van der Waals surface area contributed by atoms with Crippen molar-refractivity contribution in [2.75, 3.05) is 25.0 Å². The van der Waals surface area contributed by atoms with Crippen LogP contribution in [0.15, 0.2) is 50.8 Å². The second kappa shape index (κ2) is 7.07. The fourth-order valence-corrected chi connectivity index (χ4v) is 3.61. The average molecular weight is 419 g/mol. The van der Waals surface area contributed by atoms with Crippen molar-refractivity contribution in [2.45, 2.75) is 5.92 Å². The van der Waals surface area contributed by atoms with Crippen molar-refractivity contribution < 1.29 is 9.32 Å². The summed E-state index contributed by atoms with van der Waals surface area (Å²) in [5.74, 6) is 1.46. The molecule has 0 spiro atoms. The first kappa shape index (κ1) is 16.4. The highest BCUT2D eigenvalue weighted by Crippen LogP contribution is 2.28. The Kier molecular flexibility index (Phi) is 4.65. The van der Waals surface area contributed by atoms with Crippen molar-refractivity contribution in [3.8, 4) is 10.7 Å². The van der Waals surface area contributed by atoms with Gasteiger partial charge in [0.15, 0.2) is 0 Å². The van der Waals surface area contributed by atoms with E-state index in [4.69, 9.17) is 4.52 Å². The molecule has 1 aliphatic rings. The van der Waals surface area contributed by atoms with Crippen LogP contribution in [0.4, 0.5) is 5.69 Å². The first-order valence-electron chi connectivity index (χ1n) is 7.82. The molecule has 0 unspecified atom stereocenters. The maximum absolute atomic E-state index is 12.1. The van der Waals surface area contributed by atoms with Crippen LogP contribution in [0.3, 0.4) is 0 Å². The summed E-state index contributed by atoms with van der Waals surface area (Å²) in [4.78, 5) is 19.6. The molecular formula is C17H15BrN4O2S. The molecule has 1 amide bonds. The zero-order chi connectivity index (χ0) is 17.2. The number of amides is 1. The number of hydrogen-bond acceptors (Lipinski definition) is 6. The maximum Gasteiger partial charge on any atom is 0.238 e. The van der Waals surface area contributed by atoms with E-state index < -0.39 is 0 Å². The van der Waals surface area contributed by atoms with E-state index in [0.29, 0.717) is 18.3 Å². The van der Waals surface area contributed by atoms with Gasteiger partial charge < -0.3 is 9.84 Å². The molecule has 128 valence electrons. The number of carbonyl (C=O) groups excluding carboxylic acids is 1. The fraction of sp³-hybridized carbons (Fsp3) is 0.235. The molecule has 1 aromatic carbocycles. The van der Waals surface area contributed by atoms with Gasteiger partial charge >= 0.3 is 0 Å². The van der Waals surface area contributed by atoms with Gasteiger partial charge in [-0.25, -0.2) is 0 Å². The van der Waals surface area contributed by atoms with Crippen LogP contribution in [0.5, 0.6) is 0 Å². The fourth-order valence-electron chi connectivity index (χ4n) is 2.70. The standard InChI is InChI=1S/C17H15BrN4O2S/c18-12-3-5-13(6-4-12)19-15(23)10-22-8-11(9-22)17-20-16(21-24-17)14-2-1-7-25-14/h1-7,11H,8-10H2,(H,19,23). The summed E-state index contributed by atoms with van der Waals surface area (Å²) in [6.07, 6.45) is 0. The molecule has 1 N–H and O–H groups in total. The molecular weight excluding hydrogens is 404 g/mol. The van der Waals surface area contributed by atoms with Gasteiger partial charge in [0.25, 0.3) is 0 Å². The van der Waals surface area contributed by atoms with Gasteiger partial charge in [-0.15, -0.1) is 11.3 Å². The lowest BCUT2D eigenvalue weighted by atomic mass is 10.0. The second-order valence-corrected chi connectivity index (χ2v) is 7.74. The van der Waals surface area contributed by atoms with E-state index in [0.717, 1.165) is 28.1 Å². The second-order valence-electron chi connectivity index (χ2n) is 5.88. The summed E-state index contributed by atoms with van der Waals surface area (Å²) in [6.45, 7) is 1.86. The molecule has 0 atom stereocenters. The van der Waals surface area contributed by atoms with Crippen LogP contribution in [-0.4, -0.2) is 40.6 Å². The Morgan fingerprint density at radius 2 is 2.12 bits per heavy atom. The van der Waals surface area contributed by atoms with Gasteiger partial charge in [0, 0.05) is 23.2 Å². The molecule has 2 aromatic heterocycles. The SMILES string of the molecule is O=C(CN1CC(c2nc(-c3cccs3)no2)C1)Nc1ccc(Br)cc1. The third kappa shape index (κ3) is 3.81. The van der Waals surface area contributed by atoms with Gasteiger partial charge in [-0.05, 0) is 35.7 Å². The lowest BCUT2D eigenvalue weighted by Gasteiger charge is -2.36. The molecule has 3 heterocycles. The van der Waals surface area contributed by atoms with E-state index in [-0.39, 0.29) is 11.8 Å².